The Hall–Kier alpha value is -2.72. The molecule has 1 fully saturated rings. The van der Waals surface area contributed by atoms with Gasteiger partial charge in [0.05, 0.1) is 24.5 Å². The molecule has 35 heavy (non-hydrogen) atoms. The number of rotatable bonds is 10. The zero-order valence-corrected chi connectivity index (χ0v) is 20.3. The van der Waals surface area contributed by atoms with Crippen molar-refractivity contribution in [2.24, 2.45) is 0 Å². The van der Waals surface area contributed by atoms with Crippen LogP contribution in [0.4, 0.5) is 13.2 Å². The van der Waals surface area contributed by atoms with E-state index in [1.54, 1.807) is 11.8 Å². The Morgan fingerprint density at radius 2 is 1.86 bits per heavy atom. The molecule has 0 aliphatic carbocycles. The third-order valence-corrected chi connectivity index (χ3v) is 6.09. The molecule has 7 nitrogen and oxygen atoms in total. The first-order valence-electron chi connectivity index (χ1n) is 12.1. The van der Waals surface area contributed by atoms with Crippen molar-refractivity contribution >= 4 is 5.91 Å². The molecule has 0 atom stereocenters. The van der Waals surface area contributed by atoms with Crippen molar-refractivity contribution in [1.82, 2.24) is 19.6 Å². The van der Waals surface area contributed by atoms with Gasteiger partial charge in [-0.05, 0) is 31.5 Å². The summed E-state index contributed by atoms with van der Waals surface area (Å²) in [6.45, 7) is 8.10. The molecule has 0 bridgehead atoms. The fourth-order valence-electron chi connectivity index (χ4n) is 4.05. The summed E-state index contributed by atoms with van der Waals surface area (Å²) >= 11 is 0. The van der Waals surface area contributed by atoms with Gasteiger partial charge in [0.2, 0.25) is 5.43 Å². The standard InChI is InChI=1S/C25H33F3N4O3/c1-3-4-5-6-10-31(12-11-30-13-15-35-16-14-30)24(34)23-22(33)17-19(2)32(29-23)21-9-7-8-20(18-21)25(26,27)28/h7-9,17-18H,3-6,10-16H2,1-2H3. The molecule has 1 aromatic heterocycles. The van der Waals surface area contributed by atoms with Gasteiger partial charge in [-0.3, -0.25) is 14.5 Å². The van der Waals surface area contributed by atoms with E-state index in [-0.39, 0.29) is 11.4 Å². The van der Waals surface area contributed by atoms with E-state index >= 15 is 0 Å². The zero-order chi connectivity index (χ0) is 25.4. The van der Waals surface area contributed by atoms with Crippen molar-refractivity contribution < 1.29 is 22.7 Å². The number of aryl methyl sites for hydroxylation is 1. The van der Waals surface area contributed by atoms with Crippen LogP contribution in [0.15, 0.2) is 35.1 Å². The van der Waals surface area contributed by atoms with Crippen molar-refractivity contribution in [3.63, 3.8) is 0 Å². The van der Waals surface area contributed by atoms with E-state index in [1.807, 2.05) is 0 Å². The van der Waals surface area contributed by atoms with Crippen LogP contribution in [0.25, 0.3) is 5.69 Å². The molecule has 3 rings (SSSR count). The first-order chi connectivity index (χ1) is 16.7. The van der Waals surface area contributed by atoms with Gasteiger partial charge < -0.3 is 9.64 Å². The SMILES string of the molecule is CCCCCCN(CCN1CCOCC1)C(=O)c1nn(-c2cccc(C(F)(F)F)c2)c(C)cc1=O. The molecule has 2 aromatic rings. The van der Waals surface area contributed by atoms with Crippen molar-refractivity contribution in [3.05, 3.63) is 57.5 Å². The summed E-state index contributed by atoms with van der Waals surface area (Å²) in [7, 11) is 0. The number of hydrogen-bond acceptors (Lipinski definition) is 5. The van der Waals surface area contributed by atoms with Gasteiger partial charge in [0.25, 0.3) is 5.91 Å². The Kier molecular flexibility index (Phi) is 9.45. The van der Waals surface area contributed by atoms with Crippen LogP contribution in [-0.4, -0.2) is 71.4 Å². The van der Waals surface area contributed by atoms with Crippen LogP contribution in [0.3, 0.4) is 0 Å². The maximum absolute atomic E-state index is 13.5. The van der Waals surface area contributed by atoms with E-state index in [2.05, 4.69) is 16.9 Å². The Labute approximate surface area is 203 Å². The van der Waals surface area contributed by atoms with Crippen LogP contribution in [-0.2, 0) is 10.9 Å². The molecule has 1 aromatic carbocycles. The molecule has 10 heteroatoms. The smallest absolute Gasteiger partial charge is 0.379 e. The molecule has 2 heterocycles. The summed E-state index contributed by atoms with van der Waals surface area (Å²) in [6, 6.07) is 5.92. The second-order valence-electron chi connectivity index (χ2n) is 8.77. The highest BCUT2D eigenvalue weighted by molar-refractivity contribution is 5.92. The van der Waals surface area contributed by atoms with E-state index in [9.17, 15) is 22.8 Å². The van der Waals surface area contributed by atoms with Crippen molar-refractivity contribution in [1.29, 1.82) is 0 Å². The van der Waals surface area contributed by atoms with Crippen LogP contribution >= 0.6 is 0 Å². The minimum absolute atomic E-state index is 0.134. The van der Waals surface area contributed by atoms with Crippen LogP contribution < -0.4 is 5.43 Å². The second kappa shape index (κ2) is 12.3. The maximum Gasteiger partial charge on any atom is 0.416 e. The molecule has 192 valence electrons. The fourth-order valence-corrected chi connectivity index (χ4v) is 4.05. The van der Waals surface area contributed by atoms with Gasteiger partial charge in [-0.1, -0.05) is 32.3 Å². The largest absolute Gasteiger partial charge is 0.416 e. The summed E-state index contributed by atoms with van der Waals surface area (Å²) < 4.78 is 46.3. The number of aromatic nitrogens is 2. The molecule has 1 aliphatic heterocycles. The minimum Gasteiger partial charge on any atom is -0.379 e. The molecule has 0 saturated carbocycles. The van der Waals surface area contributed by atoms with Gasteiger partial charge in [0, 0.05) is 44.5 Å². The Morgan fingerprint density at radius 1 is 1.11 bits per heavy atom. The van der Waals surface area contributed by atoms with Gasteiger partial charge >= 0.3 is 6.18 Å². The molecule has 0 N–H and O–H groups in total. The number of morpholine rings is 1. The van der Waals surface area contributed by atoms with Gasteiger partial charge in [0.15, 0.2) is 5.69 Å². The number of alkyl halides is 3. The quantitative estimate of drug-likeness (QED) is 0.469. The number of unbranched alkanes of at least 4 members (excludes halogenated alkanes) is 3. The summed E-state index contributed by atoms with van der Waals surface area (Å²) in [6.07, 6.45) is -0.639. The molecular weight excluding hydrogens is 461 g/mol. The minimum atomic E-state index is -4.52. The first kappa shape index (κ1) is 26.9. The van der Waals surface area contributed by atoms with Crippen molar-refractivity contribution in [3.8, 4) is 5.69 Å². The average Bonchev–Trinajstić information content (AvgIpc) is 2.83. The van der Waals surface area contributed by atoms with Gasteiger partial charge in [-0.2, -0.15) is 18.3 Å². The average molecular weight is 495 g/mol. The third-order valence-electron chi connectivity index (χ3n) is 6.09. The van der Waals surface area contributed by atoms with Gasteiger partial charge in [-0.25, -0.2) is 4.68 Å². The van der Waals surface area contributed by atoms with E-state index in [0.29, 0.717) is 38.5 Å². The lowest BCUT2D eigenvalue weighted by molar-refractivity contribution is -0.137. The van der Waals surface area contributed by atoms with Crippen LogP contribution in [0, 0.1) is 6.92 Å². The molecule has 0 unspecified atom stereocenters. The lowest BCUT2D eigenvalue weighted by atomic mass is 10.2. The number of carbonyl (C=O) groups excluding carboxylic acids is 1. The maximum atomic E-state index is 13.5. The van der Waals surface area contributed by atoms with E-state index < -0.39 is 23.1 Å². The summed E-state index contributed by atoms with van der Waals surface area (Å²) in [5.41, 5.74) is -1.18. The molecule has 0 radical (unpaired) electrons. The predicted octanol–water partition coefficient (Wildman–Crippen LogP) is 3.91. The van der Waals surface area contributed by atoms with E-state index in [4.69, 9.17) is 4.74 Å². The summed E-state index contributed by atoms with van der Waals surface area (Å²) in [5, 5.41) is 4.24. The second-order valence-corrected chi connectivity index (χ2v) is 8.77. The molecular formula is C25H33F3N4O3. The van der Waals surface area contributed by atoms with Crippen LogP contribution in [0.2, 0.25) is 0 Å². The zero-order valence-electron chi connectivity index (χ0n) is 20.3. The molecule has 0 spiro atoms. The Balaban J connectivity index is 1.87. The number of amides is 1. The number of ether oxygens (including phenoxy) is 1. The van der Waals surface area contributed by atoms with Gasteiger partial charge in [-0.15, -0.1) is 0 Å². The fraction of sp³-hybridized carbons (Fsp3) is 0.560. The number of carbonyl (C=O) groups is 1. The van der Waals surface area contributed by atoms with Crippen LogP contribution in [0.1, 0.15) is 54.4 Å². The number of halogens is 3. The predicted molar refractivity (Wildman–Crippen MR) is 127 cm³/mol. The van der Waals surface area contributed by atoms with Crippen molar-refractivity contribution in [2.75, 3.05) is 45.9 Å². The highest BCUT2D eigenvalue weighted by Gasteiger charge is 2.31. The monoisotopic (exact) mass is 494 g/mol. The number of benzene rings is 1. The van der Waals surface area contributed by atoms with Gasteiger partial charge in [0.1, 0.15) is 0 Å². The molecule has 1 aliphatic rings. The van der Waals surface area contributed by atoms with Crippen LogP contribution in [0.5, 0.6) is 0 Å². The summed E-state index contributed by atoms with van der Waals surface area (Å²) in [5.74, 6) is -0.500. The number of nitrogens with zero attached hydrogens (tertiary/aromatic N) is 4. The lowest BCUT2D eigenvalue weighted by Gasteiger charge is -2.30. The summed E-state index contributed by atoms with van der Waals surface area (Å²) in [4.78, 5) is 30.0. The lowest BCUT2D eigenvalue weighted by Crippen LogP contribution is -2.44. The first-order valence-corrected chi connectivity index (χ1v) is 12.1. The normalized spacial score (nSPS) is 14.8. The molecule has 1 saturated heterocycles. The van der Waals surface area contributed by atoms with Crippen molar-refractivity contribution in [2.45, 2.75) is 45.7 Å². The van der Waals surface area contributed by atoms with E-state index in [0.717, 1.165) is 50.9 Å². The van der Waals surface area contributed by atoms with E-state index in [1.165, 1.54) is 22.9 Å². The Morgan fingerprint density at radius 3 is 2.54 bits per heavy atom. The number of hydrogen-bond donors (Lipinski definition) is 0. The third kappa shape index (κ3) is 7.38. The molecule has 1 amide bonds. The topological polar surface area (TPSA) is 67.7 Å². The highest BCUT2D eigenvalue weighted by atomic mass is 19.4. The Bertz CT molecular complexity index is 1050. The highest BCUT2D eigenvalue weighted by Crippen LogP contribution is 2.30.